The number of nitro groups is 1. The molecule has 0 unspecified atom stereocenters. The summed E-state index contributed by atoms with van der Waals surface area (Å²) in [5.41, 5.74) is 2.38. The summed E-state index contributed by atoms with van der Waals surface area (Å²) in [7, 11) is 1.90. The molecule has 27 heavy (non-hydrogen) atoms. The fraction of sp³-hybridized carbons (Fsp3) is 0.333. The molecule has 3 rings (SSSR count). The lowest BCUT2D eigenvalue weighted by molar-refractivity contribution is -0.389. The van der Waals surface area contributed by atoms with Crippen LogP contribution in [-0.2, 0) is 20.1 Å². The highest BCUT2D eigenvalue weighted by molar-refractivity contribution is 6.33. The normalized spacial score (nSPS) is 11.0. The minimum absolute atomic E-state index is 0.0207. The minimum Gasteiger partial charge on any atom is -0.358 e. The number of carbonyl (C=O) groups is 1. The molecular formula is C15H16ClN7O4. The molecule has 0 radical (unpaired) electrons. The molecule has 3 aromatic heterocycles. The summed E-state index contributed by atoms with van der Waals surface area (Å²) in [6.07, 6.45) is 0. The van der Waals surface area contributed by atoms with E-state index in [9.17, 15) is 14.9 Å². The largest absolute Gasteiger partial charge is 0.408 e. The SMILES string of the molecule is Cc1c(Cl)c([N+](=O)[O-])nn1Cc1noc(C(=O)NCc2ccc(C)n2C)n1. The first-order valence-electron chi connectivity index (χ1n) is 7.87. The Hall–Kier alpha value is -3.21. The van der Waals surface area contributed by atoms with Crippen molar-refractivity contribution in [3.8, 4) is 0 Å². The highest BCUT2D eigenvalue weighted by Crippen LogP contribution is 2.26. The van der Waals surface area contributed by atoms with Gasteiger partial charge in [0.1, 0.15) is 6.54 Å². The van der Waals surface area contributed by atoms with Gasteiger partial charge in [-0.15, -0.1) is 0 Å². The summed E-state index contributed by atoms with van der Waals surface area (Å²) < 4.78 is 8.19. The van der Waals surface area contributed by atoms with Crippen LogP contribution >= 0.6 is 11.6 Å². The van der Waals surface area contributed by atoms with E-state index in [1.807, 2.05) is 30.7 Å². The maximum absolute atomic E-state index is 12.2. The summed E-state index contributed by atoms with van der Waals surface area (Å²) in [6.45, 7) is 3.83. The molecule has 142 valence electrons. The van der Waals surface area contributed by atoms with Crippen LogP contribution in [0.15, 0.2) is 16.7 Å². The third-order valence-corrected chi connectivity index (χ3v) is 4.59. The van der Waals surface area contributed by atoms with Crippen molar-refractivity contribution in [1.29, 1.82) is 0 Å². The number of hydrogen-bond donors (Lipinski definition) is 1. The fourth-order valence-corrected chi connectivity index (χ4v) is 2.62. The van der Waals surface area contributed by atoms with Gasteiger partial charge in [0, 0.05) is 18.4 Å². The first kappa shape index (κ1) is 18.6. The van der Waals surface area contributed by atoms with Gasteiger partial charge in [-0.05, 0) is 30.9 Å². The molecule has 11 nitrogen and oxygen atoms in total. The number of nitrogens with one attached hydrogen (secondary N) is 1. The predicted octanol–water partition coefficient (Wildman–Crippen LogP) is 1.76. The molecule has 0 aliphatic carbocycles. The van der Waals surface area contributed by atoms with Crippen LogP contribution in [0.25, 0.3) is 0 Å². The molecule has 0 aromatic carbocycles. The Labute approximate surface area is 158 Å². The van der Waals surface area contributed by atoms with Crippen LogP contribution in [0.1, 0.15) is 33.6 Å². The van der Waals surface area contributed by atoms with Gasteiger partial charge < -0.3 is 24.5 Å². The number of carbonyl (C=O) groups excluding carboxylic acids is 1. The molecule has 0 aliphatic rings. The van der Waals surface area contributed by atoms with E-state index in [-0.39, 0.29) is 23.3 Å². The van der Waals surface area contributed by atoms with Crippen molar-refractivity contribution in [3.63, 3.8) is 0 Å². The number of rotatable bonds is 6. The molecule has 0 saturated heterocycles. The van der Waals surface area contributed by atoms with Crippen LogP contribution in [0, 0.1) is 24.0 Å². The van der Waals surface area contributed by atoms with Gasteiger partial charge in [0.25, 0.3) is 0 Å². The quantitative estimate of drug-likeness (QED) is 0.498. The lowest BCUT2D eigenvalue weighted by Gasteiger charge is -2.05. The molecule has 0 fully saturated rings. The van der Waals surface area contributed by atoms with Crippen LogP contribution in [-0.4, -0.2) is 35.3 Å². The highest BCUT2D eigenvalue weighted by atomic mass is 35.5. The molecule has 0 aliphatic heterocycles. The van der Waals surface area contributed by atoms with Gasteiger partial charge in [-0.3, -0.25) is 4.79 Å². The maximum atomic E-state index is 12.2. The number of aromatic nitrogens is 5. The van der Waals surface area contributed by atoms with Gasteiger partial charge in [-0.1, -0.05) is 16.8 Å². The van der Waals surface area contributed by atoms with E-state index >= 15 is 0 Å². The van der Waals surface area contributed by atoms with Crippen molar-refractivity contribution in [3.05, 3.63) is 56.1 Å². The van der Waals surface area contributed by atoms with Gasteiger partial charge in [-0.2, -0.15) is 9.67 Å². The zero-order chi connectivity index (χ0) is 19.7. The topological polar surface area (TPSA) is 134 Å². The van der Waals surface area contributed by atoms with E-state index in [0.717, 1.165) is 11.4 Å². The molecule has 1 N–H and O–H groups in total. The standard InChI is InChI=1S/C15H16ClN7O4/c1-8-4-5-10(21(8)3)6-17-14(24)15-18-11(20-27-15)7-22-9(2)12(16)13(19-22)23(25)26/h4-5H,6-7H2,1-3H3,(H,17,24). The third-order valence-electron chi connectivity index (χ3n) is 4.15. The van der Waals surface area contributed by atoms with Gasteiger partial charge in [0.05, 0.1) is 17.3 Å². The molecule has 1 amide bonds. The number of nitrogens with zero attached hydrogens (tertiary/aromatic N) is 6. The predicted molar refractivity (Wildman–Crippen MR) is 93.3 cm³/mol. The lowest BCUT2D eigenvalue weighted by atomic mass is 10.4. The highest BCUT2D eigenvalue weighted by Gasteiger charge is 2.25. The number of amides is 1. The van der Waals surface area contributed by atoms with Crippen molar-refractivity contribution in [2.45, 2.75) is 26.9 Å². The first-order valence-corrected chi connectivity index (χ1v) is 8.25. The van der Waals surface area contributed by atoms with Crippen LogP contribution < -0.4 is 5.32 Å². The molecular weight excluding hydrogens is 378 g/mol. The number of hydrogen-bond acceptors (Lipinski definition) is 7. The molecule has 0 saturated carbocycles. The monoisotopic (exact) mass is 393 g/mol. The summed E-state index contributed by atoms with van der Waals surface area (Å²) in [5, 5.41) is 21.0. The van der Waals surface area contributed by atoms with Crippen LogP contribution in [0.2, 0.25) is 5.02 Å². The maximum Gasteiger partial charge on any atom is 0.408 e. The molecule has 0 atom stereocenters. The van der Waals surface area contributed by atoms with Gasteiger partial charge in [0.15, 0.2) is 10.8 Å². The summed E-state index contributed by atoms with van der Waals surface area (Å²) in [4.78, 5) is 26.4. The third kappa shape index (κ3) is 3.67. The summed E-state index contributed by atoms with van der Waals surface area (Å²) in [6, 6.07) is 3.86. The van der Waals surface area contributed by atoms with Crippen LogP contribution in [0.5, 0.6) is 0 Å². The smallest absolute Gasteiger partial charge is 0.358 e. The molecule has 3 aromatic rings. The van der Waals surface area contributed by atoms with E-state index < -0.39 is 16.6 Å². The zero-order valence-electron chi connectivity index (χ0n) is 14.8. The van der Waals surface area contributed by atoms with Gasteiger partial charge in [-0.25, -0.2) is 0 Å². The molecule has 12 heteroatoms. The Morgan fingerprint density at radius 3 is 2.74 bits per heavy atom. The lowest BCUT2D eigenvalue weighted by Crippen LogP contribution is -2.24. The van der Waals surface area contributed by atoms with E-state index in [1.165, 1.54) is 4.68 Å². The Morgan fingerprint density at radius 2 is 2.15 bits per heavy atom. The van der Waals surface area contributed by atoms with Crippen LogP contribution in [0.4, 0.5) is 5.82 Å². The molecule has 0 bridgehead atoms. The van der Waals surface area contributed by atoms with E-state index in [2.05, 4.69) is 20.6 Å². The summed E-state index contributed by atoms with van der Waals surface area (Å²) in [5.74, 6) is -1.03. The van der Waals surface area contributed by atoms with Crippen molar-refractivity contribution in [1.82, 2.24) is 29.8 Å². The Bertz CT molecular complexity index is 1020. The Balaban J connectivity index is 1.68. The van der Waals surface area contributed by atoms with Crippen molar-refractivity contribution in [2.24, 2.45) is 7.05 Å². The fourth-order valence-electron chi connectivity index (χ4n) is 2.41. The zero-order valence-corrected chi connectivity index (χ0v) is 15.5. The Kier molecular flexibility index (Phi) is 4.95. The Morgan fingerprint density at radius 1 is 1.41 bits per heavy atom. The van der Waals surface area contributed by atoms with E-state index in [0.29, 0.717) is 12.2 Å². The van der Waals surface area contributed by atoms with Crippen LogP contribution in [0.3, 0.4) is 0 Å². The second-order valence-electron chi connectivity index (χ2n) is 5.86. The van der Waals surface area contributed by atoms with Crippen molar-refractivity contribution < 1.29 is 14.2 Å². The number of halogens is 1. The van der Waals surface area contributed by atoms with E-state index in [1.54, 1.807) is 6.92 Å². The molecule has 3 heterocycles. The summed E-state index contributed by atoms with van der Waals surface area (Å²) >= 11 is 5.89. The van der Waals surface area contributed by atoms with Crippen molar-refractivity contribution in [2.75, 3.05) is 0 Å². The number of aryl methyl sites for hydroxylation is 1. The molecule has 0 spiro atoms. The van der Waals surface area contributed by atoms with Gasteiger partial charge in [0.2, 0.25) is 0 Å². The average Bonchev–Trinajstić information content (AvgIpc) is 3.29. The van der Waals surface area contributed by atoms with Crippen molar-refractivity contribution >= 4 is 23.3 Å². The minimum atomic E-state index is -0.674. The first-order chi connectivity index (χ1) is 12.8. The van der Waals surface area contributed by atoms with Gasteiger partial charge >= 0.3 is 17.6 Å². The average molecular weight is 394 g/mol. The second kappa shape index (κ2) is 7.19. The van der Waals surface area contributed by atoms with E-state index in [4.69, 9.17) is 16.1 Å². The second-order valence-corrected chi connectivity index (χ2v) is 6.24.